The molecule has 0 radical (unpaired) electrons. The fraction of sp³-hybridized carbons (Fsp3) is 0.316. The molecule has 5 nitrogen and oxygen atoms in total. The third-order valence-corrected chi connectivity index (χ3v) is 4.91. The Balaban J connectivity index is 1.69. The number of hydrogen-bond donors (Lipinski definition) is 1. The highest BCUT2D eigenvalue weighted by Crippen LogP contribution is 2.43. The van der Waals surface area contributed by atoms with E-state index in [1.54, 1.807) is 30.3 Å². The highest BCUT2D eigenvalue weighted by atomic mass is 35.5. The molecule has 3 rings (SSSR count). The van der Waals surface area contributed by atoms with Crippen LogP contribution in [0, 0.1) is 5.82 Å². The summed E-state index contributed by atoms with van der Waals surface area (Å²) in [7, 11) is 0. The van der Waals surface area contributed by atoms with Gasteiger partial charge in [-0.05, 0) is 31.0 Å². The molecule has 0 atom stereocenters. The zero-order chi connectivity index (χ0) is 18.6. The lowest BCUT2D eigenvalue weighted by Gasteiger charge is -2.27. The van der Waals surface area contributed by atoms with Gasteiger partial charge in [-0.25, -0.2) is 9.37 Å². The van der Waals surface area contributed by atoms with Crippen molar-refractivity contribution in [1.82, 2.24) is 4.98 Å². The maximum Gasteiger partial charge on any atom is 0.317 e. The molecule has 26 heavy (non-hydrogen) atoms. The maximum atomic E-state index is 14.3. The number of nitrogens with zero attached hydrogens (tertiary/aromatic N) is 1. The van der Waals surface area contributed by atoms with Gasteiger partial charge in [0.15, 0.2) is 11.8 Å². The molecule has 0 spiro atoms. The van der Waals surface area contributed by atoms with E-state index in [-0.39, 0.29) is 5.15 Å². The number of amides is 1. The highest BCUT2D eigenvalue weighted by molar-refractivity contribution is 6.32. The molecule has 1 aliphatic carbocycles. The van der Waals surface area contributed by atoms with E-state index in [0.717, 1.165) is 12.8 Å². The lowest BCUT2D eigenvalue weighted by molar-refractivity contribution is -0.153. The van der Waals surface area contributed by atoms with Gasteiger partial charge in [-0.3, -0.25) is 9.59 Å². The fourth-order valence-electron chi connectivity index (χ4n) is 3.35. The Hall–Kier alpha value is -2.47. The SMILES string of the molecule is O=C(COC(=O)C1(c2ccccc2F)CCCC1)Nc1cccnc1Cl. The summed E-state index contributed by atoms with van der Waals surface area (Å²) < 4.78 is 19.5. The van der Waals surface area contributed by atoms with Gasteiger partial charge in [0.2, 0.25) is 0 Å². The summed E-state index contributed by atoms with van der Waals surface area (Å²) in [5.41, 5.74) is -0.365. The van der Waals surface area contributed by atoms with Crippen LogP contribution in [0.2, 0.25) is 5.15 Å². The predicted molar refractivity (Wildman–Crippen MR) is 95.4 cm³/mol. The molecule has 1 fully saturated rings. The molecule has 0 aliphatic heterocycles. The van der Waals surface area contributed by atoms with Gasteiger partial charge < -0.3 is 10.1 Å². The minimum atomic E-state index is -1.03. The van der Waals surface area contributed by atoms with E-state index in [4.69, 9.17) is 16.3 Å². The standard InChI is InChI=1S/C19H18ClFN2O3/c20-17-15(8-5-11-22-17)23-16(24)12-26-18(25)19(9-3-4-10-19)13-6-1-2-7-14(13)21/h1-2,5-8,11H,3-4,9-10,12H2,(H,23,24). The van der Waals surface area contributed by atoms with Crippen LogP contribution in [0.25, 0.3) is 0 Å². The lowest BCUT2D eigenvalue weighted by atomic mass is 9.78. The molecule has 1 aromatic carbocycles. The normalized spacial score (nSPS) is 15.5. The molecule has 1 aliphatic rings. The zero-order valence-electron chi connectivity index (χ0n) is 14.0. The summed E-state index contributed by atoms with van der Waals surface area (Å²) >= 11 is 5.88. The molecule has 0 bridgehead atoms. The summed E-state index contributed by atoms with van der Waals surface area (Å²) in [6, 6.07) is 9.43. The van der Waals surface area contributed by atoms with E-state index in [1.165, 1.54) is 12.3 Å². The van der Waals surface area contributed by atoms with Crippen molar-refractivity contribution in [1.29, 1.82) is 0 Å². The average molecular weight is 377 g/mol. The molecular formula is C19H18ClFN2O3. The van der Waals surface area contributed by atoms with Gasteiger partial charge in [0.1, 0.15) is 5.82 Å². The number of nitrogens with one attached hydrogen (secondary N) is 1. The van der Waals surface area contributed by atoms with Crippen LogP contribution >= 0.6 is 11.6 Å². The van der Waals surface area contributed by atoms with E-state index in [1.807, 2.05) is 0 Å². The second-order valence-electron chi connectivity index (χ2n) is 6.24. The van der Waals surface area contributed by atoms with Crippen LogP contribution < -0.4 is 5.32 Å². The molecule has 2 aromatic rings. The van der Waals surface area contributed by atoms with Crippen molar-refractivity contribution in [3.63, 3.8) is 0 Å². The first-order chi connectivity index (χ1) is 12.5. The molecule has 1 heterocycles. The molecule has 0 saturated heterocycles. The minimum absolute atomic E-state index is 0.144. The third-order valence-electron chi connectivity index (χ3n) is 4.60. The van der Waals surface area contributed by atoms with Gasteiger partial charge in [-0.2, -0.15) is 0 Å². The number of ether oxygens (including phenoxy) is 1. The van der Waals surface area contributed by atoms with Gasteiger partial charge in [0.05, 0.1) is 11.1 Å². The number of carbonyl (C=O) groups is 2. The average Bonchev–Trinajstić information content (AvgIpc) is 3.13. The van der Waals surface area contributed by atoms with Crippen LogP contribution in [-0.4, -0.2) is 23.5 Å². The quantitative estimate of drug-likeness (QED) is 0.635. The molecule has 7 heteroatoms. The first-order valence-corrected chi connectivity index (χ1v) is 8.73. The lowest BCUT2D eigenvalue weighted by Crippen LogP contribution is -2.37. The van der Waals surface area contributed by atoms with E-state index < -0.39 is 29.7 Å². The number of hydrogen-bond acceptors (Lipinski definition) is 4. The summed E-state index contributed by atoms with van der Waals surface area (Å²) in [5.74, 6) is -1.54. The molecule has 1 saturated carbocycles. The first-order valence-electron chi connectivity index (χ1n) is 8.35. The Kier molecular flexibility index (Phi) is 5.52. The van der Waals surface area contributed by atoms with Crippen molar-refractivity contribution in [2.24, 2.45) is 0 Å². The molecule has 1 N–H and O–H groups in total. The minimum Gasteiger partial charge on any atom is -0.455 e. The van der Waals surface area contributed by atoms with E-state index in [2.05, 4.69) is 10.3 Å². The van der Waals surface area contributed by atoms with Crippen LogP contribution in [-0.2, 0) is 19.7 Å². The van der Waals surface area contributed by atoms with Crippen molar-refractivity contribution in [3.8, 4) is 0 Å². The summed E-state index contributed by atoms with van der Waals surface area (Å²) in [6.45, 7) is -0.472. The second kappa shape index (κ2) is 7.83. The fourth-order valence-corrected chi connectivity index (χ4v) is 3.51. The molecule has 1 aromatic heterocycles. The van der Waals surface area contributed by atoms with E-state index in [0.29, 0.717) is 24.1 Å². The molecular weight excluding hydrogens is 359 g/mol. The first kappa shape index (κ1) is 18.3. The van der Waals surface area contributed by atoms with E-state index in [9.17, 15) is 14.0 Å². The number of anilines is 1. The topological polar surface area (TPSA) is 68.3 Å². The Morgan fingerprint density at radius 2 is 1.92 bits per heavy atom. The summed E-state index contributed by atoms with van der Waals surface area (Å²) in [4.78, 5) is 28.6. The Bertz CT molecular complexity index is 822. The number of benzene rings is 1. The zero-order valence-corrected chi connectivity index (χ0v) is 14.8. The number of halogens is 2. The summed E-state index contributed by atoms with van der Waals surface area (Å²) in [5, 5.41) is 2.68. The van der Waals surface area contributed by atoms with Gasteiger partial charge in [-0.1, -0.05) is 42.6 Å². The van der Waals surface area contributed by atoms with Crippen LogP contribution in [0.1, 0.15) is 31.2 Å². The van der Waals surface area contributed by atoms with Gasteiger partial charge >= 0.3 is 5.97 Å². The number of aromatic nitrogens is 1. The monoisotopic (exact) mass is 376 g/mol. The summed E-state index contributed by atoms with van der Waals surface area (Å²) in [6.07, 6.45) is 4.11. The van der Waals surface area contributed by atoms with Crippen molar-refractivity contribution < 1.29 is 18.7 Å². The van der Waals surface area contributed by atoms with Crippen molar-refractivity contribution in [2.75, 3.05) is 11.9 Å². The van der Waals surface area contributed by atoms with Crippen LogP contribution in [0.5, 0.6) is 0 Å². The largest absolute Gasteiger partial charge is 0.455 e. The van der Waals surface area contributed by atoms with Crippen molar-refractivity contribution >= 4 is 29.2 Å². The van der Waals surface area contributed by atoms with Gasteiger partial charge in [0, 0.05) is 11.8 Å². The number of rotatable bonds is 5. The molecule has 136 valence electrons. The Morgan fingerprint density at radius 3 is 2.62 bits per heavy atom. The van der Waals surface area contributed by atoms with Crippen LogP contribution in [0.4, 0.5) is 10.1 Å². The van der Waals surface area contributed by atoms with Crippen molar-refractivity contribution in [3.05, 3.63) is 59.1 Å². The maximum absolute atomic E-state index is 14.3. The van der Waals surface area contributed by atoms with Crippen LogP contribution in [0.3, 0.4) is 0 Å². The predicted octanol–water partition coefficient (Wildman–Crippen LogP) is 3.87. The second-order valence-corrected chi connectivity index (χ2v) is 6.59. The van der Waals surface area contributed by atoms with Gasteiger partial charge in [0.25, 0.3) is 5.91 Å². The molecule has 1 amide bonds. The van der Waals surface area contributed by atoms with Gasteiger partial charge in [-0.15, -0.1) is 0 Å². The van der Waals surface area contributed by atoms with E-state index >= 15 is 0 Å². The Morgan fingerprint density at radius 1 is 1.19 bits per heavy atom. The number of esters is 1. The molecule has 0 unspecified atom stereocenters. The van der Waals surface area contributed by atoms with Crippen LogP contribution in [0.15, 0.2) is 42.6 Å². The smallest absolute Gasteiger partial charge is 0.317 e. The van der Waals surface area contributed by atoms with Crippen molar-refractivity contribution in [2.45, 2.75) is 31.1 Å². The number of pyridine rings is 1. The highest BCUT2D eigenvalue weighted by Gasteiger charge is 2.45. The third kappa shape index (κ3) is 3.70. The Labute approximate surface area is 155 Å². The number of carbonyl (C=O) groups excluding carboxylic acids is 2.